The molecule has 1 amide bonds. The fourth-order valence-electron chi connectivity index (χ4n) is 4.22. The van der Waals surface area contributed by atoms with Gasteiger partial charge in [0.05, 0.1) is 5.56 Å². The summed E-state index contributed by atoms with van der Waals surface area (Å²) < 4.78 is 2.17. The number of hydrogen-bond acceptors (Lipinski definition) is 3. The third kappa shape index (κ3) is 3.09. The highest BCUT2D eigenvalue weighted by molar-refractivity contribution is 6.48. The molecule has 2 N–H and O–H groups in total. The number of rotatable bonds is 3. The topological polar surface area (TPSA) is 63.1 Å². The molecule has 1 aliphatic heterocycles. The van der Waals surface area contributed by atoms with E-state index in [4.69, 9.17) is 0 Å². The molecule has 4 aromatic rings. The SMILES string of the molecule is O=C(Nc1ccc2ccccc2c1)C(=O)c1c2n(c3ccccc13)CCNCC2. The first-order valence-electron chi connectivity index (χ1n) is 9.88. The molecule has 29 heavy (non-hydrogen) atoms. The van der Waals surface area contributed by atoms with Gasteiger partial charge in [-0.05, 0) is 29.0 Å². The van der Waals surface area contributed by atoms with E-state index in [0.717, 1.165) is 53.4 Å². The largest absolute Gasteiger partial charge is 0.343 e. The molecule has 0 bridgehead atoms. The predicted octanol–water partition coefficient (Wildman–Crippen LogP) is 3.76. The second-order valence-electron chi connectivity index (χ2n) is 7.34. The van der Waals surface area contributed by atoms with Crippen molar-refractivity contribution in [2.24, 2.45) is 0 Å². The number of nitrogens with zero attached hydrogens (tertiary/aromatic N) is 1. The van der Waals surface area contributed by atoms with Crippen molar-refractivity contribution in [1.82, 2.24) is 9.88 Å². The standard InChI is InChI=1S/C24H21N3O2/c28-23(24(29)26-18-10-9-16-5-1-2-6-17(16)15-18)22-19-7-3-4-8-20(19)27-14-13-25-12-11-21(22)27/h1-10,15,25H,11-14H2,(H,26,29). The van der Waals surface area contributed by atoms with Crippen LogP contribution in [0.3, 0.4) is 0 Å². The minimum Gasteiger partial charge on any atom is -0.343 e. The van der Waals surface area contributed by atoms with Crippen LogP contribution in [0.4, 0.5) is 5.69 Å². The molecule has 144 valence electrons. The summed E-state index contributed by atoms with van der Waals surface area (Å²) in [5.74, 6) is -1.08. The Morgan fingerprint density at radius 2 is 1.69 bits per heavy atom. The maximum absolute atomic E-state index is 13.2. The summed E-state index contributed by atoms with van der Waals surface area (Å²) >= 11 is 0. The van der Waals surface area contributed by atoms with Gasteiger partial charge in [-0.1, -0.05) is 48.5 Å². The molecule has 3 aromatic carbocycles. The molecule has 5 nitrogen and oxygen atoms in total. The number of carbonyl (C=O) groups excluding carboxylic acids is 2. The van der Waals surface area contributed by atoms with E-state index in [0.29, 0.717) is 11.3 Å². The lowest BCUT2D eigenvalue weighted by molar-refractivity contribution is -0.112. The van der Waals surface area contributed by atoms with Crippen molar-refractivity contribution in [3.8, 4) is 0 Å². The summed E-state index contributed by atoms with van der Waals surface area (Å²) in [6.45, 7) is 2.43. The summed E-state index contributed by atoms with van der Waals surface area (Å²) in [4.78, 5) is 26.1. The van der Waals surface area contributed by atoms with E-state index in [1.807, 2.05) is 66.7 Å². The van der Waals surface area contributed by atoms with Crippen LogP contribution in [-0.4, -0.2) is 29.3 Å². The first kappa shape index (κ1) is 17.6. The summed E-state index contributed by atoms with van der Waals surface area (Å²) in [5, 5.41) is 9.12. The number of benzene rings is 3. The van der Waals surface area contributed by atoms with Crippen molar-refractivity contribution in [1.29, 1.82) is 0 Å². The zero-order chi connectivity index (χ0) is 19.8. The van der Waals surface area contributed by atoms with E-state index in [-0.39, 0.29) is 0 Å². The number of carbonyl (C=O) groups is 2. The average Bonchev–Trinajstić information content (AvgIpc) is 2.88. The van der Waals surface area contributed by atoms with E-state index in [2.05, 4.69) is 15.2 Å². The molecular formula is C24H21N3O2. The monoisotopic (exact) mass is 383 g/mol. The van der Waals surface area contributed by atoms with Gasteiger partial charge in [-0.25, -0.2) is 0 Å². The second-order valence-corrected chi connectivity index (χ2v) is 7.34. The number of amides is 1. The lowest BCUT2D eigenvalue weighted by Gasteiger charge is -2.08. The molecule has 2 heterocycles. The molecule has 0 aliphatic carbocycles. The van der Waals surface area contributed by atoms with Gasteiger partial charge in [0.25, 0.3) is 11.7 Å². The third-order valence-electron chi connectivity index (χ3n) is 5.57. The Bertz CT molecular complexity index is 1260. The molecule has 0 atom stereocenters. The van der Waals surface area contributed by atoms with Crippen LogP contribution in [0.2, 0.25) is 0 Å². The first-order chi connectivity index (χ1) is 14.2. The van der Waals surface area contributed by atoms with Crippen LogP contribution in [0.5, 0.6) is 0 Å². The summed E-state index contributed by atoms with van der Waals surface area (Å²) in [7, 11) is 0. The van der Waals surface area contributed by atoms with Gasteiger partial charge < -0.3 is 15.2 Å². The maximum Gasteiger partial charge on any atom is 0.296 e. The minimum absolute atomic E-state index is 0.481. The van der Waals surface area contributed by atoms with Gasteiger partial charge in [-0.3, -0.25) is 9.59 Å². The van der Waals surface area contributed by atoms with Gasteiger partial charge in [0.1, 0.15) is 0 Å². The Morgan fingerprint density at radius 1 is 0.897 bits per heavy atom. The van der Waals surface area contributed by atoms with Crippen LogP contribution in [0.1, 0.15) is 16.1 Å². The van der Waals surface area contributed by atoms with Gasteiger partial charge >= 0.3 is 0 Å². The van der Waals surface area contributed by atoms with Gasteiger partial charge in [0.15, 0.2) is 0 Å². The summed E-state index contributed by atoms with van der Waals surface area (Å²) in [5.41, 5.74) is 3.10. The van der Waals surface area contributed by atoms with Crippen LogP contribution in [0.25, 0.3) is 21.7 Å². The van der Waals surface area contributed by atoms with E-state index >= 15 is 0 Å². The first-order valence-corrected chi connectivity index (χ1v) is 9.88. The van der Waals surface area contributed by atoms with Crippen LogP contribution < -0.4 is 10.6 Å². The van der Waals surface area contributed by atoms with E-state index < -0.39 is 11.7 Å². The second kappa shape index (κ2) is 7.18. The zero-order valence-electron chi connectivity index (χ0n) is 15.9. The van der Waals surface area contributed by atoms with Crippen LogP contribution in [0.15, 0.2) is 66.7 Å². The van der Waals surface area contributed by atoms with Crippen molar-refractivity contribution in [3.05, 3.63) is 78.0 Å². The quantitative estimate of drug-likeness (QED) is 0.418. The van der Waals surface area contributed by atoms with Crippen LogP contribution >= 0.6 is 0 Å². The molecule has 1 aromatic heterocycles. The number of ketones is 1. The highest BCUT2D eigenvalue weighted by Crippen LogP contribution is 2.28. The number of aromatic nitrogens is 1. The zero-order valence-corrected chi connectivity index (χ0v) is 15.9. The maximum atomic E-state index is 13.2. The fourth-order valence-corrected chi connectivity index (χ4v) is 4.22. The average molecular weight is 383 g/mol. The molecule has 0 saturated heterocycles. The highest BCUT2D eigenvalue weighted by Gasteiger charge is 2.27. The summed E-state index contributed by atoms with van der Waals surface area (Å²) in [6.07, 6.45) is 0.721. The Balaban J connectivity index is 1.52. The van der Waals surface area contributed by atoms with Gasteiger partial charge in [-0.15, -0.1) is 0 Å². The molecule has 0 saturated carbocycles. The number of para-hydroxylation sites is 1. The van der Waals surface area contributed by atoms with E-state index in [1.165, 1.54) is 0 Å². The highest BCUT2D eigenvalue weighted by atomic mass is 16.2. The van der Waals surface area contributed by atoms with Crippen molar-refractivity contribution >= 4 is 39.1 Å². The van der Waals surface area contributed by atoms with Crippen molar-refractivity contribution in [3.63, 3.8) is 0 Å². The third-order valence-corrected chi connectivity index (χ3v) is 5.57. The van der Waals surface area contributed by atoms with Crippen molar-refractivity contribution in [2.45, 2.75) is 13.0 Å². The molecule has 0 fully saturated rings. The van der Waals surface area contributed by atoms with Crippen molar-refractivity contribution in [2.75, 3.05) is 18.4 Å². The minimum atomic E-state index is -0.600. The Hall–Kier alpha value is -3.44. The molecule has 5 rings (SSSR count). The Kier molecular flexibility index (Phi) is 4.37. The van der Waals surface area contributed by atoms with E-state index in [9.17, 15) is 9.59 Å². The number of fused-ring (bicyclic) bond motifs is 4. The number of nitrogens with one attached hydrogen (secondary N) is 2. The Labute approximate surface area is 168 Å². The fraction of sp³-hybridized carbons (Fsp3) is 0.167. The van der Waals surface area contributed by atoms with Gasteiger partial charge in [0, 0.05) is 48.3 Å². The molecule has 0 radical (unpaired) electrons. The number of hydrogen-bond donors (Lipinski definition) is 2. The molecule has 0 unspecified atom stereocenters. The predicted molar refractivity (Wildman–Crippen MR) is 115 cm³/mol. The van der Waals surface area contributed by atoms with Crippen LogP contribution in [-0.2, 0) is 17.8 Å². The molecule has 5 heteroatoms. The molecular weight excluding hydrogens is 362 g/mol. The van der Waals surface area contributed by atoms with Gasteiger partial charge in [-0.2, -0.15) is 0 Å². The number of Topliss-reactive ketones (excluding diaryl/α,β-unsaturated/α-hetero) is 1. The van der Waals surface area contributed by atoms with Crippen LogP contribution in [0, 0.1) is 0 Å². The normalized spacial score (nSPS) is 13.8. The molecule has 0 spiro atoms. The smallest absolute Gasteiger partial charge is 0.296 e. The number of anilines is 1. The van der Waals surface area contributed by atoms with Crippen molar-refractivity contribution < 1.29 is 9.59 Å². The molecule has 1 aliphatic rings. The Morgan fingerprint density at radius 3 is 2.59 bits per heavy atom. The van der Waals surface area contributed by atoms with Gasteiger partial charge in [0.2, 0.25) is 0 Å². The van der Waals surface area contributed by atoms with E-state index in [1.54, 1.807) is 0 Å². The summed E-state index contributed by atoms with van der Waals surface area (Å²) in [6, 6.07) is 21.4. The lowest BCUT2D eigenvalue weighted by Crippen LogP contribution is -2.24. The lowest BCUT2D eigenvalue weighted by atomic mass is 10.0.